The molecule has 0 spiro atoms. The van der Waals surface area contributed by atoms with E-state index in [4.69, 9.17) is 0 Å². The van der Waals surface area contributed by atoms with Gasteiger partial charge in [0.25, 0.3) is 0 Å². The molecule has 0 aromatic carbocycles. The van der Waals surface area contributed by atoms with Crippen molar-refractivity contribution in [3.63, 3.8) is 0 Å². The second-order valence-electron chi connectivity index (χ2n) is 3.13. The van der Waals surface area contributed by atoms with Crippen molar-refractivity contribution in [3.8, 4) is 0 Å². The van der Waals surface area contributed by atoms with Crippen LogP contribution in [-0.4, -0.2) is 12.1 Å². The lowest BCUT2D eigenvalue weighted by molar-refractivity contribution is 0.348. The van der Waals surface area contributed by atoms with Gasteiger partial charge < -0.3 is 0 Å². The van der Waals surface area contributed by atoms with E-state index < -0.39 is 0 Å². The number of nitrogens with zero attached hydrogens (tertiary/aromatic N) is 1. The van der Waals surface area contributed by atoms with E-state index in [9.17, 15) is 4.79 Å². The van der Waals surface area contributed by atoms with Crippen LogP contribution in [0.2, 0.25) is 0 Å². The predicted octanol–water partition coefficient (Wildman–Crippen LogP) is 1.90. The van der Waals surface area contributed by atoms with Gasteiger partial charge in [-0.1, -0.05) is 6.92 Å². The van der Waals surface area contributed by atoms with Crippen molar-refractivity contribution in [3.05, 3.63) is 0 Å². The first-order valence-electron chi connectivity index (χ1n) is 3.90. The van der Waals surface area contributed by atoms with E-state index in [0.29, 0.717) is 0 Å². The molecule has 56 valence electrons. The van der Waals surface area contributed by atoms with Gasteiger partial charge in [0, 0.05) is 0 Å². The Kier molecular flexibility index (Phi) is 2.64. The molecule has 0 N–H and O–H groups in total. The largest absolute Gasteiger partial charge is 0.235 e. The van der Waals surface area contributed by atoms with Crippen LogP contribution in [0.4, 0.5) is 0 Å². The van der Waals surface area contributed by atoms with Gasteiger partial charge >= 0.3 is 0 Å². The first-order chi connectivity index (χ1) is 4.83. The Morgan fingerprint density at radius 1 is 1.30 bits per heavy atom. The number of hydrogen-bond acceptors (Lipinski definition) is 2. The van der Waals surface area contributed by atoms with Crippen molar-refractivity contribution >= 4 is 6.08 Å². The van der Waals surface area contributed by atoms with Crippen LogP contribution >= 0.6 is 0 Å². The van der Waals surface area contributed by atoms with E-state index in [1.807, 2.05) is 0 Å². The second-order valence-corrected chi connectivity index (χ2v) is 3.13. The zero-order chi connectivity index (χ0) is 7.40. The Morgan fingerprint density at radius 2 is 1.90 bits per heavy atom. The fourth-order valence-corrected chi connectivity index (χ4v) is 1.45. The normalized spacial score (nSPS) is 32.9. The van der Waals surface area contributed by atoms with Gasteiger partial charge in [0.15, 0.2) is 0 Å². The molecular formula is C8H13NO. The number of isocyanates is 1. The summed E-state index contributed by atoms with van der Waals surface area (Å²) in [5.74, 6) is 0.832. The highest BCUT2D eigenvalue weighted by atomic mass is 16.1. The topological polar surface area (TPSA) is 29.4 Å². The zero-order valence-corrected chi connectivity index (χ0v) is 6.34. The zero-order valence-electron chi connectivity index (χ0n) is 6.34. The van der Waals surface area contributed by atoms with Gasteiger partial charge in [0.1, 0.15) is 0 Å². The summed E-state index contributed by atoms with van der Waals surface area (Å²) in [6.45, 7) is 2.25. The number of aliphatic imine (C=N–C) groups is 1. The third-order valence-electron chi connectivity index (χ3n) is 2.22. The summed E-state index contributed by atoms with van der Waals surface area (Å²) in [7, 11) is 0. The molecule has 2 nitrogen and oxygen atoms in total. The minimum Gasteiger partial charge on any atom is -0.211 e. The molecule has 0 aromatic heterocycles. The molecule has 0 bridgehead atoms. The average Bonchev–Trinajstić information content (AvgIpc) is 1.95. The monoisotopic (exact) mass is 139 g/mol. The van der Waals surface area contributed by atoms with Gasteiger partial charge in [-0.05, 0) is 31.6 Å². The fourth-order valence-electron chi connectivity index (χ4n) is 1.45. The molecule has 0 aliphatic heterocycles. The molecule has 1 aliphatic rings. The standard InChI is InChI=1S/C8H13NO/c1-7-2-4-8(5-3-7)9-6-10/h7-8H,2-5H2,1H3. The minimum atomic E-state index is 0.286. The van der Waals surface area contributed by atoms with Crippen LogP contribution in [0.25, 0.3) is 0 Å². The highest BCUT2D eigenvalue weighted by Crippen LogP contribution is 2.24. The van der Waals surface area contributed by atoms with Crippen LogP contribution in [0.5, 0.6) is 0 Å². The molecule has 0 saturated heterocycles. The van der Waals surface area contributed by atoms with Crippen molar-refractivity contribution in [2.75, 3.05) is 0 Å². The first kappa shape index (κ1) is 7.49. The Bertz CT molecular complexity index is 141. The van der Waals surface area contributed by atoms with Crippen molar-refractivity contribution in [1.82, 2.24) is 0 Å². The predicted molar refractivity (Wildman–Crippen MR) is 39.5 cm³/mol. The Morgan fingerprint density at radius 3 is 2.40 bits per heavy atom. The van der Waals surface area contributed by atoms with Gasteiger partial charge in [-0.25, -0.2) is 9.79 Å². The minimum absolute atomic E-state index is 0.286. The molecule has 0 amide bonds. The number of hydrogen-bond donors (Lipinski definition) is 0. The lowest BCUT2D eigenvalue weighted by atomic mass is 9.88. The van der Waals surface area contributed by atoms with Crippen LogP contribution in [-0.2, 0) is 4.79 Å². The van der Waals surface area contributed by atoms with E-state index in [0.717, 1.165) is 18.8 Å². The summed E-state index contributed by atoms with van der Waals surface area (Å²) < 4.78 is 0. The van der Waals surface area contributed by atoms with Gasteiger partial charge in [0.2, 0.25) is 6.08 Å². The summed E-state index contributed by atoms with van der Waals surface area (Å²) in [4.78, 5) is 13.6. The van der Waals surface area contributed by atoms with E-state index in [-0.39, 0.29) is 6.04 Å². The Labute approximate surface area is 61.3 Å². The summed E-state index contributed by atoms with van der Waals surface area (Å²) in [5.41, 5.74) is 0. The van der Waals surface area contributed by atoms with Gasteiger partial charge in [0.05, 0.1) is 6.04 Å². The third-order valence-corrected chi connectivity index (χ3v) is 2.22. The smallest absolute Gasteiger partial charge is 0.211 e. The summed E-state index contributed by atoms with van der Waals surface area (Å²) >= 11 is 0. The lowest BCUT2D eigenvalue weighted by Gasteiger charge is -2.21. The van der Waals surface area contributed by atoms with Crippen LogP contribution in [0.15, 0.2) is 4.99 Å². The van der Waals surface area contributed by atoms with Crippen molar-refractivity contribution in [2.45, 2.75) is 38.6 Å². The lowest BCUT2D eigenvalue weighted by Crippen LogP contribution is -2.14. The molecule has 2 heteroatoms. The Balaban J connectivity index is 2.32. The molecule has 1 saturated carbocycles. The molecule has 10 heavy (non-hydrogen) atoms. The van der Waals surface area contributed by atoms with E-state index >= 15 is 0 Å². The highest BCUT2D eigenvalue weighted by Gasteiger charge is 2.16. The van der Waals surface area contributed by atoms with E-state index in [1.54, 1.807) is 6.08 Å². The highest BCUT2D eigenvalue weighted by molar-refractivity contribution is 5.33. The molecule has 0 atom stereocenters. The molecule has 1 aliphatic carbocycles. The summed E-state index contributed by atoms with van der Waals surface area (Å²) in [6, 6.07) is 0.286. The van der Waals surface area contributed by atoms with Crippen LogP contribution in [0.3, 0.4) is 0 Å². The second kappa shape index (κ2) is 3.52. The summed E-state index contributed by atoms with van der Waals surface area (Å²) in [6.07, 6.45) is 6.22. The quantitative estimate of drug-likeness (QED) is 0.403. The van der Waals surface area contributed by atoms with Gasteiger partial charge in [-0.3, -0.25) is 0 Å². The molecule has 0 unspecified atom stereocenters. The fraction of sp³-hybridized carbons (Fsp3) is 0.875. The molecular weight excluding hydrogens is 126 g/mol. The van der Waals surface area contributed by atoms with Crippen molar-refractivity contribution in [1.29, 1.82) is 0 Å². The maximum atomic E-state index is 9.86. The van der Waals surface area contributed by atoms with Crippen molar-refractivity contribution in [2.24, 2.45) is 10.9 Å². The number of rotatable bonds is 1. The first-order valence-corrected chi connectivity index (χ1v) is 3.90. The Hall–Kier alpha value is -0.620. The molecule has 1 rings (SSSR count). The SMILES string of the molecule is CC1CCC(N=C=O)CC1. The molecule has 1 fully saturated rings. The average molecular weight is 139 g/mol. The van der Waals surface area contributed by atoms with Crippen LogP contribution < -0.4 is 0 Å². The summed E-state index contributed by atoms with van der Waals surface area (Å²) in [5, 5.41) is 0. The molecule has 0 aromatic rings. The van der Waals surface area contributed by atoms with Crippen LogP contribution in [0.1, 0.15) is 32.6 Å². The maximum absolute atomic E-state index is 9.86. The van der Waals surface area contributed by atoms with Gasteiger partial charge in [-0.2, -0.15) is 0 Å². The molecule has 0 heterocycles. The van der Waals surface area contributed by atoms with Crippen molar-refractivity contribution < 1.29 is 4.79 Å². The number of carbonyl (C=O) groups excluding carboxylic acids is 1. The molecule has 0 radical (unpaired) electrons. The van der Waals surface area contributed by atoms with Gasteiger partial charge in [-0.15, -0.1) is 0 Å². The maximum Gasteiger partial charge on any atom is 0.235 e. The third kappa shape index (κ3) is 1.96. The van der Waals surface area contributed by atoms with Crippen LogP contribution in [0, 0.1) is 5.92 Å². The van der Waals surface area contributed by atoms with E-state index in [2.05, 4.69) is 11.9 Å². The van der Waals surface area contributed by atoms with E-state index in [1.165, 1.54) is 12.8 Å².